The lowest BCUT2D eigenvalue weighted by molar-refractivity contribution is -0.124. The maximum atomic E-state index is 13.5. The number of carbonyl (C=O) groups excluding carboxylic acids is 1. The van der Waals surface area contributed by atoms with Gasteiger partial charge in [0.25, 0.3) is 0 Å². The van der Waals surface area contributed by atoms with Gasteiger partial charge in [-0.1, -0.05) is 23.4 Å². The van der Waals surface area contributed by atoms with Crippen LogP contribution in [0.2, 0.25) is 0 Å². The maximum Gasteiger partial charge on any atom is 0.241 e. The first-order valence-corrected chi connectivity index (χ1v) is 11.2. The molecule has 2 atom stereocenters. The number of anilines is 1. The average molecular weight is 433 g/mol. The number of amides is 1. The predicted molar refractivity (Wildman–Crippen MR) is 121 cm³/mol. The lowest BCUT2D eigenvalue weighted by atomic mass is 9.96. The normalized spacial score (nSPS) is 20.9. The molecule has 2 aliphatic rings. The fraction of sp³-hybridized carbons (Fsp3) is 0.400. The quantitative estimate of drug-likeness (QED) is 0.608. The van der Waals surface area contributed by atoms with E-state index in [1.54, 1.807) is 7.11 Å². The summed E-state index contributed by atoms with van der Waals surface area (Å²) in [7, 11) is 1.64. The third-order valence-corrected chi connectivity index (χ3v) is 6.47. The van der Waals surface area contributed by atoms with E-state index < -0.39 is 0 Å². The number of ether oxygens (including phenoxy) is 1. The molecule has 0 saturated carbocycles. The van der Waals surface area contributed by atoms with E-state index in [0.717, 1.165) is 42.8 Å². The smallest absolute Gasteiger partial charge is 0.241 e. The minimum absolute atomic E-state index is 0.0127. The highest BCUT2D eigenvalue weighted by molar-refractivity contribution is 5.97. The van der Waals surface area contributed by atoms with Crippen LogP contribution in [0.25, 0.3) is 11.4 Å². The van der Waals surface area contributed by atoms with E-state index in [9.17, 15) is 4.79 Å². The highest BCUT2D eigenvalue weighted by Crippen LogP contribution is 2.34. The molecule has 1 fully saturated rings. The van der Waals surface area contributed by atoms with E-state index in [0.29, 0.717) is 24.8 Å². The van der Waals surface area contributed by atoms with Crippen LogP contribution in [0.4, 0.5) is 5.69 Å². The number of carbonyl (C=O) groups is 1. The predicted octanol–water partition coefficient (Wildman–Crippen LogP) is 3.94. The number of benzene rings is 2. The molecule has 3 heterocycles. The molecule has 32 heavy (non-hydrogen) atoms. The first-order valence-electron chi connectivity index (χ1n) is 11.2. The molecule has 3 aromatic rings. The molecule has 2 unspecified atom stereocenters. The molecule has 0 bridgehead atoms. The van der Waals surface area contributed by atoms with Gasteiger partial charge in [-0.25, -0.2) is 0 Å². The Bertz CT molecular complexity index is 1090. The fourth-order valence-electron chi connectivity index (χ4n) is 4.87. The monoisotopic (exact) mass is 432 g/mol. The number of piperidine rings is 1. The van der Waals surface area contributed by atoms with E-state index in [1.807, 2.05) is 41.3 Å². The summed E-state index contributed by atoms with van der Waals surface area (Å²) in [4.78, 5) is 22.3. The molecule has 2 aromatic carbocycles. The number of likely N-dealkylation sites (tertiary alicyclic amines) is 1. The second kappa shape index (κ2) is 8.74. The van der Waals surface area contributed by atoms with Gasteiger partial charge in [-0.15, -0.1) is 0 Å². The molecule has 0 radical (unpaired) electrons. The standard InChI is InChI=1S/C25H28N4O3/c1-17-14-19-6-3-4-8-22(19)29(17)25(30)20-7-5-13-28(15-20)16-23-26-24(27-32-23)18-9-11-21(31-2)12-10-18/h3-4,6,8-12,17,20H,5,7,13-16H2,1-2H3. The molecule has 0 N–H and O–H groups in total. The van der Waals surface area contributed by atoms with E-state index in [1.165, 1.54) is 5.56 Å². The molecular weight excluding hydrogens is 404 g/mol. The van der Waals surface area contributed by atoms with Crippen molar-refractivity contribution in [3.05, 3.63) is 60.0 Å². The molecule has 7 nitrogen and oxygen atoms in total. The molecule has 5 rings (SSSR count). The third kappa shape index (κ3) is 4.00. The molecule has 166 valence electrons. The Balaban J connectivity index is 1.25. The summed E-state index contributed by atoms with van der Waals surface area (Å²) in [5.74, 6) is 2.15. The SMILES string of the molecule is COc1ccc(-c2noc(CN3CCCC(C(=O)N4c5ccccc5CC4C)C3)n2)cc1. The summed E-state index contributed by atoms with van der Waals surface area (Å²) in [5, 5.41) is 4.13. The van der Waals surface area contributed by atoms with Gasteiger partial charge < -0.3 is 14.2 Å². The summed E-state index contributed by atoms with van der Waals surface area (Å²) in [5.41, 5.74) is 3.22. The van der Waals surface area contributed by atoms with E-state index >= 15 is 0 Å². The van der Waals surface area contributed by atoms with Crippen molar-refractivity contribution < 1.29 is 14.1 Å². The van der Waals surface area contributed by atoms with Crippen LogP contribution in [0.15, 0.2) is 53.1 Å². The zero-order valence-electron chi connectivity index (χ0n) is 18.5. The van der Waals surface area contributed by atoms with Gasteiger partial charge in [0.15, 0.2) is 0 Å². The highest BCUT2D eigenvalue weighted by Gasteiger charge is 2.36. The van der Waals surface area contributed by atoms with E-state index in [2.05, 4.69) is 34.1 Å². The summed E-state index contributed by atoms with van der Waals surface area (Å²) in [6.45, 7) is 4.33. The lowest BCUT2D eigenvalue weighted by Gasteiger charge is -2.34. The van der Waals surface area contributed by atoms with Crippen molar-refractivity contribution in [2.75, 3.05) is 25.1 Å². The molecule has 1 saturated heterocycles. The number of hydrogen-bond acceptors (Lipinski definition) is 6. The topological polar surface area (TPSA) is 71.7 Å². The van der Waals surface area contributed by atoms with Crippen molar-refractivity contribution in [1.82, 2.24) is 15.0 Å². The van der Waals surface area contributed by atoms with Crippen molar-refractivity contribution in [3.8, 4) is 17.1 Å². The van der Waals surface area contributed by atoms with Crippen LogP contribution in [-0.2, 0) is 17.8 Å². The summed E-state index contributed by atoms with van der Waals surface area (Å²) in [6.07, 6.45) is 2.83. The second-order valence-corrected chi connectivity index (χ2v) is 8.70. The van der Waals surface area contributed by atoms with Crippen molar-refractivity contribution in [2.45, 2.75) is 38.8 Å². The van der Waals surface area contributed by atoms with Crippen molar-refractivity contribution >= 4 is 11.6 Å². The number of hydrogen-bond donors (Lipinski definition) is 0. The minimum atomic E-state index is -0.0127. The Kier molecular flexibility index (Phi) is 5.66. The van der Waals surface area contributed by atoms with Gasteiger partial charge in [0, 0.05) is 23.8 Å². The van der Waals surface area contributed by atoms with Crippen LogP contribution in [-0.4, -0.2) is 47.2 Å². The van der Waals surface area contributed by atoms with Crippen molar-refractivity contribution in [2.24, 2.45) is 5.92 Å². The van der Waals surface area contributed by atoms with Gasteiger partial charge in [-0.3, -0.25) is 9.69 Å². The lowest BCUT2D eigenvalue weighted by Crippen LogP contribution is -2.46. The number of fused-ring (bicyclic) bond motifs is 1. The highest BCUT2D eigenvalue weighted by atomic mass is 16.5. The summed E-state index contributed by atoms with van der Waals surface area (Å²) < 4.78 is 10.7. The van der Waals surface area contributed by atoms with Crippen LogP contribution < -0.4 is 9.64 Å². The van der Waals surface area contributed by atoms with Crippen LogP contribution >= 0.6 is 0 Å². The summed E-state index contributed by atoms with van der Waals surface area (Å²) >= 11 is 0. The van der Waals surface area contributed by atoms with Crippen LogP contribution in [0, 0.1) is 5.92 Å². The molecular formula is C25H28N4O3. The maximum absolute atomic E-state index is 13.5. The number of aromatic nitrogens is 2. The number of para-hydroxylation sites is 1. The minimum Gasteiger partial charge on any atom is -0.497 e. The first-order chi connectivity index (χ1) is 15.6. The van der Waals surface area contributed by atoms with Gasteiger partial charge >= 0.3 is 0 Å². The Morgan fingerprint density at radius 3 is 2.81 bits per heavy atom. The molecule has 1 amide bonds. The van der Waals surface area contributed by atoms with E-state index in [4.69, 9.17) is 9.26 Å². The Morgan fingerprint density at radius 2 is 2.00 bits per heavy atom. The number of methoxy groups -OCH3 is 1. The van der Waals surface area contributed by atoms with Crippen molar-refractivity contribution in [1.29, 1.82) is 0 Å². The van der Waals surface area contributed by atoms with Gasteiger partial charge in [-0.05, 0) is 68.6 Å². The van der Waals surface area contributed by atoms with Gasteiger partial charge in [-0.2, -0.15) is 4.98 Å². The third-order valence-electron chi connectivity index (χ3n) is 6.47. The van der Waals surface area contributed by atoms with E-state index in [-0.39, 0.29) is 17.9 Å². The fourth-order valence-corrected chi connectivity index (χ4v) is 4.87. The van der Waals surface area contributed by atoms with Crippen molar-refractivity contribution in [3.63, 3.8) is 0 Å². The van der Waals surface area contributed by atoms with Gasteiger partial charge in [0.1, 0.15) is 5.75 Å². The Hall–Kier alpha value is -3.19. The van der Waals surface area contributed by atoms with Crippen LogP contribution in [0.5, 0.6) is 5.75 Å². The van der Waals surface area contributed by atoms with Crippen LogP contribution in [0.3, 0.4) is 0 Å². The van der Waals surface area contributed by atoms with Crippen LogP contribution in [0.1, 0.15) is 31.2 Å². The second-order valence-electron chi connectivity index (χ2n) is 8.70. The summed E-state index contributed by atoms with van der Waals surface area (Å²) in [6, 6.07) is 16.0. The Morgan fingerprint density at radius 1 is 1.19 bits per heavy atom. The largest absolute Gasteiger partial charge is 0.497 e. The van der Waals surface area contributed by atoms with Gasteiger partial charge in [0.05, 0.1) is 19.6 Å². The number of nitrogens with zero attached hydrogens (tertiary/aromatic N) is 4. The Labute approximate surface area is 188 Å². The zero-order chi connectivity index (χ0) is 22.1. The average Bonchev–Trinajstić information content (AvgIpc) is 3.42. The molecule has 2 aliphatic heterocycles. The number of rotatable bonds is 5. The first kappa shape index (κ1) is 20.7. The molecule has 1 aromatic heterocycles. The van der Waals surface area contributed by atoms with Gasteiger partial charge in [0.2, 0.25) is 17.6 Å². The molecule has 0 spiro atoms. The molecule has 7 heteroatoms. The molecule has 0 aliphatic carbocycles. The zero-order valence-corrected chi connectivity index (χ0v) is 18.5.